The molecule has 0 atom stereocenters. The lowest BCUT2D eigenvalue weighted by Crippen LogP contribution is -2.41. The van der Waals surface area contributed by atoms with Crippen molar-refractivity contribution in [3.63, 3.8) is 0 Å². The summed E-state index contributed by atoms with van der Waals surface area (Å²) < 4.78 is 5.33. The van der Waals surface area contributed by atoms with Gasteiger partial charge in [0.15, 0.2) is 0 Å². The number of ether oxygens (including phenoxy) is 1. The number of amides is 1. The summed E-state index contributed by atoms with van der Waals surface area (Å²) in [6.07, 6.45) is 0.995. The van der Waals surface area contributed by atoms with E-state index in [9.17, 15) is 4.79 Å². The van der Waals surface area contributed by atoms with E-state index in [0.29, 0.717) is 32.1 Å². The summed E-state index contributed by atoms with van der Waals surface area (Å²) >= 11 is 0. The number of rotatable bonds is 4. The standard InChI is InChI=1S/C21H22N4O2/c1-2-15-7-9-16(10-8-15)22-19-17-5-3-4-6-18(17)23-20(24-19)21(26)25-11-13-27-14-12-25/h3-10H,2,11-14H2,1H3,(H,22,23,24). The Morgan fingerprint density at radius 3 is 2.56 bits per heavy atom. The number of para-hydroxylation sites is 1. The van der Waals surface area contributed by atoms with Gasteiger partial charge in [-0.25, -0.2) is 9.97 Å². The number of carbonyl (C=O) groups excluding carboxylic acids is 1. The number of hydrogen-bond donors (Lipinski definition) is 1. The van der Waals surface area contributed by atoms with Crippen LogP contribution in [0.3, 0.4) is 0 Å². The maximum atomic E-state index is 12.8. The lowest BCUT2D eigenvalue weighted by Gasteiger charge is -2.26. The Balaban J connectivity index is 1.70. The summed E-state index contributed by atoms with van der Waals surface area (Å²) in [5.41, 5.74) is 2.95. The number of carbonyl (C=O) groups is 1. The predicted molar refractivity (Wildman–Crippen MR) is 105 cm³/mol. The van der Waals surface area contributed by atoms with E-state index in [0.717, 1.165) is 23.0 Å². The zero-order valence-corrected chi connectivity index (χ0v) is 15.3. The average molecular weight is 362 g/mol. The van der Waals surface area contributed by atoms with Crippen LogP contribution < -0.4 is 5.32 Å². The van der Waals surface area contributed by atoms with E-state index in [1.807, 2.05) is 36.4 Å². The number of nitrogens with zero attached hydrogens (tertiary/aromatic N) is 3. The molecule has 1 fully saturated rings. The zero-order valence-electron chi connectivity index (χ0n) is 15.3. The second-order valence-electron chi connectivity index (χ2n) is 6.49. The molecule has 2 aromatic carbocycles. The maximum absolute atomic E-state index is 12.8. The molecule has 0 saturated carbocycles. The van der Waals surface area contributed by atoms with Crippen molar-refractivity contribution in [2.45, 2.75) is 13.3 Å². The van der Waals surface area contributed by atoms with Gasteiger partial charge in [-0.3, -0.25) is 4.79 Å². The third kappa shape index (κ3) is 3.75. The van der Waals surface area contributed by atoms with Crippen molar-refractivity contribution in [2.75, 3.05) is 31.6 Å². The number of benzene rings is 2. The average Bonchev–Trinajstić information content (AvgIpc) is 2.74. The Hall–Kier alpha value is -2.99. The Morgan fingerprint density at radius 1 is 1.07 bits per heavy atom. The van der Waals surface area contributed by atoms with Crippen molar-refractivity contribution in [3.05, 3.63) is 59.9 Å². The summed E-state index contributed by atoms with van der Waals surface area (Å²) in [5, 5.41) is 4.23. The molecule has 1 aliphatic rings. The fourth-order valence-electron chi connectivity index (χ4n) is 3.14. The van der Waals surface area contributed by atoms with Crippen LogP contribution in [0.15, 0.2) is 48.5 Å². The van der Waals surface area contributed by atoms with Gasteiger partial charge in [-0.2, -0.15) is 0 Å². The molecule has 6 nitrogen and oxygen atoms in total. The first-order chi connectivity index (χ1) is 13.2. The normalized spacial score (nSPS) is 14.3. The van der Waals surface area contributed by atoms with Gasteiger partial charge in [0.1, 0.15) is 5.82 Å². The molecule has 0 unspecified atom stereocenters. The minimum atomic E-state index is -0.159. The molecule has 1 amide bonds. The van der Waals surface area contributed by atoms with Gasteiger partial charge in [-0.05, 0) is 36.2 Å². The fraction of sp³-hybridized carbons (Fsp3) is 0.286. The molecule has 1 aromatic heterocycles. The van der Waals surface area contributed by atoms with E-state index in [1.165, 1.54) is 5.56 Å². The maximum Gasteiger partial charge on any atom is 0.291 e. The minimum absolute atomic E-state index is 0.159. The highest BCUT2D eigenvalue weighted by molar-refractivity contribution is 5.97. The van der Waals surface area contributed by atoms with Crippen LogP contribution in [0.4, 0.5) is 11.5 Å². The first-order valence-corrected chi connectivity index (χ1v) is 9.24. The van der Waals surface area contributed by atoms with Crippen LogP contribution in [0.2, 0.25) is 0 Å². The molecule has 4 rings (SSSR count). The van der Waals surface area contributed by atoms with Crippen LogP contribution in [0, 0.1) is 0 Å². The van der Waals surface area contributed by atoms with Gasteiger partial charge in [-0.1, -0.05) is 31.2 Å². The SMILES string of the molecule is CCc1ccc(Nc2nc(C(=O)N3CCOCC3)nc3ccccc23)cc1. The highest BCUT2D eigenvalue weighted by atomic mass is 16.5. The summed E-state index contributed by atoms with van der Waals surface area (Å²) in [7, 11) is 0. The molecule has 1 N–H and O–H groups in total. The van der Waals surface area contributed by atoms with E-state index in [1.54, 1.807) is 4.90 Å². The van der Waals surface area contributed by atoms with E-state index in [-0.39, 0.29) is 11.7 Å². The van der Waals surface area contributed by atoms with Crippen LogP contribution in [0.25, 0.3) is 10.9 Å². The first kappa shape index (κ1) is 17.4. The van der Waals surface area contributed by atoms with Gasteiger partial charge in [0.05, 0.1) is 18.7 Å². The number of morpholine rings is 1. The Labute approximate surface area is 158 Å². The summed E-state index contributed by atoms with van der Waals surface area (Å²) in [6.45, 7) is 4.36. The Morgan fingerprint density at radius 2 is 1.81 bits per heavy atom. The topological polar surface area (TPSA) is 67.4 Å². The molecular weight excluding hydrogens is 340 g/mol. The second-order valence-corrected chi connectivity index (χ2v) is 6.49. The molecule has 0 spiro atoms. The molecule has 1 saturated heterocycles. The second kappa shape index (κ2) is 7.72. The molecule has 2 heterocycles. The van der Waals surface area contributed by atoms with Crippen molar-refractivity contribution in [1.29, 1.82) is 0 Å². The highest BCUT2D eigenvalue weighted by Gasteiger charge is 2.22. The van der Waals surface area contributed by atoms with Gasteiger partial charge < -0.3 is 15.0 Å². The van der Waals surface area contributed by atoms with E-state index < -0.39 is 0 Å². The van der Waals surface area contributed by atoms with Gasteiger partial charge in [0.25, 0.3) is 5.91 Å². The molecule has 138 valence electrons. The van der Waals surface area contributed by atoms with Crippen molar-refractivity contribution >= 4 is 28.3 Å². The van der Waals surface area contributed by atoms with Crippen LogP contribution in [-0.2, 0) is 11.2 Å². The van der Waals surface area contributed by atoms with Crippen molar-refractivity contribution in [2.24, 2.45) is 0 Å². The summed E-state index contributed by atoms with van der Waals surface area (Å²) in [6, 6.07) is 16.0. The van der Waals surface area contributed by atoms with Crippen molar-refractivity contribution in [3.8, 4) is 0 Å². The Bertz CT molecular complexity index is 950. The smallest absolute Gasteiger partial charge is 0.291 e. The minimum Gasteiger partial charge on any atom is -0.378 e. The van der Waals surface area contributed by atoms with Crippen molar-refractivity contribution in [1.82, 2.24) is 14.9 Å². The quantitative estimate of drug-likeness (QED) is 0.770. The highest BCUT2D eigenvalue weighted by Crippen LogP contribution is 2.24. The lowest BCUT2D eigenvalue weighted by atomic mass is 10.1. The number of nitrogens with one attached hydrogen (secondary N) is 1. The molecule has 6 heteroatoms. The third-order valence-corrected chi connectivity index (χ3v) is 4.72. The number of fused-ring (bicyclic) bond motifs is 1. The third-order valence-electron chi connectivity index (χ3n) is 4.72. The van der Waals surface area contributed by atoms with Gasteiger partial charge in [0, 0.05) is 24.2 Å². The fourth-order valence-corrected chi connectivity index (χ4v) is 3.14. The monoisotopic (exact) mass is 362 g/mol. The van der Waals surface area contributed by atoms with Gasteiger partial charge in [0.2, 0.25) is 5.82 Å². The van der Waals surface area contributed by atoms with Crippen LogP contribution >= 0.6 is 0 Å². The van der Waals surface area contributed by atoms with Crippen LogP contribution in [0.1, 0.15) is 23.1 Å². The van der Waals surface area contributed by atoms with E-state index >= 15 is 0 Å². The predicted octanol–water partition coefficient (Wildman–Crippen LogP) is 3.41. The number of anilines is 2. The first-order valence-electron chi connectivity index (χ1n) is 9.24. The van der Waals surface area contributed by atoms with Crippen LogP contribution in [-0.4, -0.2) is 47.1 Å². The number of hydrogen-bond acceptors (Lipinski definition) is 5. The summed E-state index contributed by atoms with van der Waals surface area (Å²) in [5.74, 6) is 0.693. The molecular formula is C21H22N4O2. The molecule has 1 aliphatic heterocycles. The molecule has 0 aliphatic carbocycles. The zero-order chi connectivity index (χ0) is 18.6. The lowest BCUT2D eigenvalue weighted by molar-refractivity contribution is 0.0295. The van der Waals surface area contributed by atoms with Gasteiger partial charge >= 0.3 is 0 Å². The van der Waals surface area contributed by atoms with E-state index in [2.05, 4.69) is 34.3 Å². The molecule has 0 radical (unpaired) electrons. The molecule has 3 aromatic rings. The molecule has 0 bridgehead atoms. The number of aryl methyl sites for hydroxylation is 1. The van der Waals surface area contributed by atoms with E-state index in [4.69, 9.17) is 4.74 Å². The van der Waals surface area contributed by atoms with Crippen molar-refractivity contribution < 1.29 is 9.53 Å². The molecule has 27 heavy (non-hydrogen) atoms. The van der Waals surface area contributed by atoms with Crippen LogP contribution in [0.5, 0.6) is 0 Å². The van der Waals surface area contributed by atoms with Gasteiger partial charge in [-0.15, -0.1) is 0 Å². The largest absolute Gasteiger partial charge is 0.378 e. The number of aromatic nitrogens is 2. The Kier molecular flexibility index (Phi) is 4.98. The summed E-state index contributed by atoms with van der Waals surface area (Å²) in [4.78, 5) is 23.6.